The van der Waals surface area contributed by atoms with E-state index in [2.05, 4.69) is 0 Å². The molecule has 0 atom stereocenters. The van der Waals surface area contributed by atoms with E-state index in [-0.39, 0.29) is 150 Å². The lowest BCUT2D eigenvalue weighted by molar-refractivity contribution is -0.159. The van der Waals surface area contributed by atoms with E-state index in [1.54, 1.807) is 6.92 Å². The number of esters is 9. The Morgan fingerprint density at radius 2 is 0.623 bits per heavy atom. The summed E-state index contributed by atoms with van der Waals surface area (Å²) >= 11 is 3.41. The van der Waals surface area contributed by atoms with Crippen LogP contribution in [0.15, 0.2) is 0 Å². The molecule has 0 aromatic carbocycles. The van der Waals surface area contributed by atoms with Crippen LogP contribution in [0.2, 0.25) is 0 Å². The van der Waals surface area contributed by atoms with Gasteiger partial charge in [0.25, 0.3) is 0 Å². The van der Waals surface area contributed by atoms with Gasteiger partial charge in [0.2, 0.25) is 0 Å². The minimum absolute atomic E-state index is 0.0105. The molecular weight excluding hydrogens is 865 g/mol. The summed E-state index contributed by atoms with van der Waals surface area (Å²) in [5.41, 5.74) is -1.11. The zero-order chi connectivity index (χ0) is 45.6. The maximum Gasteiger partial charge on any atom is 0.315 e. The summed E-state index contributed by atoms with van der Waals surface area (Å²) in [6.45, 7) is 6.27. The molecule has 0 aliphatic rings. The number of hydrogen-bond acceptors (Lipinski definition) is 21. The van der Waals surface area contributed by atoms with Gasteiger partial charge in [-0.3, -0.25) is 43.2 Å². The Hall–Kier alpha value is -3.72. The normalized spacial score (nSPS) is 10.8. The van der Waals surface area contributed by atoms with Crippen molar-refractivity contribution in [1.29, 1.82) is 0 Å². The molecule has 18 nitrogen and oxygen atoms in total. The van der Waals surface area contributed by atoms with Gasteiger partial charge in [-0.05, 0) is 25.7 Å². The molecule has 0 spiro atoms. The van der Waals surface area contributed by atoms with Crippen LogP contribution in [0.4, 0.5) is 0 Å². The van der Waals surface area contributed by atoms with Crippen molar-refractivity contribution in [2.24, 2.45) is 5.41 Å². The first-order chi connectivity index (χ1) is 29.3. The molecule has 0 fully saturated rings. The van der Waals surface area contributed by atoms with E-state index >= 15 is 0 Å². The van der Waals surface area contributed by atoms with E-state index < -0.39 is 41.2 Å². The van der Waals surface area contributed by atoms with Gasteiger partial charge in [0.1, 0.15) is 59.5 Å². The molecule has 0 bridgehead atoms. The zero-order valence-corrected chi connectivity index (χ0v) is 38.4. The summed E-state index contributed by atoms with van der Waals surface area (Å²) in [5, 5.41) is 0. The van der Waals surface area contributed by atoms with Crippen molar-refractivity contribution in [1.82, 2.24) is 0 Å². The highest BCUT2D eigenvalue weighted by molar-refractivity contribution is 8.00. The third-order valence-electron chi connectivity index (χ3n) is 7.85. The first-order valence-corrected chi connectivity index (χ1v) is 23.9. The van der Waals surface area contributed by atoms with Crippen LogP contribution in [0.25, 0.3) is 0 Å². The van der Waals surface area contributed by atoms with Crippen molar-refractivity contribution in [3.8, 4) is 0 Å². The molecule has 0 rings (SSSR count). The van der Waals surface area contributed by atoms with Crippen LogP contribution in [-0.4, -0.2) is 148 Å². The lowest BCUT2D eigenvalue weighted by Gasteiger charge is -2.31. The molecule has 0 saturated carbocycles. The van der Waals surface area contributed by atoms with Crippen LogP contribution in [0.3, 0.4) is 0 Å². The number of carbonyl (C=O) groups is 9. The van der Waals surface area contributed by atoms with Crippen molar-refractivity contribution < 1.29 is 85.8 Å². The molecule has 350 valence electrons. The first kappa shape index (κ1) is 57.3. The highest BCUT2D eigenvalue weighted by Gasteiger charge is 2.34. The van der Waals surface area contributed by atoms with Crippen LogP contribution in [0.1, 0.15) is 98.3 Å². The van der Waals surface area contributed by atoms with Gasteiger partial charge < -0.3 is 42.6 Å². The fraction of sp³-hybridized carbons (Fsp3) is 0.775. The van der Waals surface area contributed by atoms with Crippen molar-refractivity contribution >= 4 is 89.0 Å². The third-order valence-corrected chi connectivity index (χ3v) is 10.6. The molecule has 0 amide bonds. The van der Waals surface area contributed by atoms with Gasteiger partial charge in [-0.15, -0.1) is 35.3 Å². The standard InChI is InChI=1S/C40H64O18S3/c1-5-9-12-33(43)52-18-21-55-36(46)15-24-61-27-39(49)58-30-40(8-4,28-56-37(47)25-59-22-13-34(44)53-19-16-50-31(41)10-6-2)29-57-38(48)26-60-23-14-35(45)54-20-17-51-32(42)11-7-3/h5-30H2,1-4H3. The number of unbranched alkanes of at least 4 members (excludes halogenated alkanes) is 1. The lowest BCUT2D eigenvalue weighted by atomic mass is 9.88. The second-order valence-corrected chi connectivity index (χ2v) is 16.5. The van der Waals surface area contributed by atoms with Crippen molar-refractivity contribution in [2.45, 2.75) is 98.3 Å². The van der Waals surface area contributed by atoms with Gasteiger partial charge in [0, 0.05) is 36.5 Å². The van der Waals surface area contributed by atoms with Gasteiger partial charge in [0.15, 0.2) is 0 Å². The number of hydrogen-bond donors (Lipinski definition) is 0. The highest BCUT2D eigenvalue weighted by Crippen LogP contribution is 2.25. The fourth-order valence-electron chi connectivity index (χ4n) is 4.29. The predicted octanol–water partition coefficient (Wildman–Crippen LogP) is 4.43. The Morgan fingerprint density at radius 1 is 0.344 bits per heavy atom. The Labute approximate surface area is 371 Å². The molecule has 0 heterocycles. The third kappa shape index (κ3) is 34.5. The molecule has 61 heavy (non-hydrogen) atoms. The largest absolute Gasteiger partial charge is 0.464 e. The quantitative estimate of drug-likeness (QED) is 0.0473. The van der Waals surface area contributed by atoms with E-state index in [0.717, 1.165) is 48.1 Å². The van der Waals surface area contributed by atoms with Gasteiger partial charge in [0.05, 0.1) is 41.9 Å². The maximum atomic E-state index is 12.7. The maximum absolute atomic E-state index is 12.7. The fourth-order valence-corrected chi connectivity index (χ4v) is 6.40. The lowest BCUT2D eigenvalue weighted by Crippen LogP contribution is -2.39. The molecule has 0 unspecified atom stereocenters. The highest BCUT2D eigenvalue weighted by atomic mass is 32.2. The van der Waals surface area contributed by atoms with Crippen LogP contribution >= 0.6 is 35.3 Å². The minimum atomic E-state index is -1.11. The first-order valence-electron chi connectivity index (χ1n) is 20.4. The SMILES string of the molecule is CCCCC(=O)OCCOC(=O)CCSCC(=O)OCC(CC)(COC(=O)CSCCC(=O)OCCOC(=O)CCC)COC(=O)CSCCC(=O)OCCOC(=O)CCC. The second kappa shape index (κ2) is 38.0. The Morgan fingerprint density at radius 3 is 0.885 bits per heavy atom. The van der Waals surface area contributed by atoms with Crippen LogP contribution in [-0.2, 0) is 85.8 Å². The molecule has 0 N–H and O–H groups in total. The van der Waals surface area contributed by atoms with Crippen LogP contribution in [0.5, 0.6) is 0 Å². The van der Waals surface area contributed by atoms with E-state index in [4.69, 9.17) is 42.6 Å². The predicted molar refractivity (Wildman–Crippen MR) is 227 cm³/mol. The number of thioether (sulfide) groups is 3. The zero-order valence-electron chi connectivity index (χ0n) is 36.0. The summed E-state index contributed by atoms with van der Waals surface area (Å²) < 4.78 is 46.5. The van der Waals surface area contributed by atoms with E-state index in [9.17, 15) is 43.2 Å². The molecule has 0 aromatic rings. The molecule has 0 aromatic heterocycles. The van der Waals surface area contributed by atoms with Gasteiger partial charge in [-0.2, -0.15) is 0 Å². The molecule has 0 saturated heterocycles. The molecular formula is C40H64O18S3. The molecule has 0 aliphatic carbocycles. The van der Waals surface area contributed by atoms with Crippen LogP contribution < -0.4 is 0 Å². The summed E-state index contributed by atoms with van der Waals surface area (Å²) in [6.07, 6.45) is 4.05. The molecule has 21 heteroatoms. The molecule has 0 aliphatic heterocycles. The van der Waals surface area contributed by atoms with Crippen LogP contribution in [0, 0.1) is 5.41 Å². The Kier molecular flexibility index (Phi) is 35.7. The van der Waals surface area contributed by atoms with E-state index in [1.165, 1.54) is 0 Å². The smallest absolute Gasteiger partial charge is 0.315 e. The van der Waals surface area contributed by atoms with Gasteiger partial charge in [-0.1, -0.05) is 34.1 Å². The second-order valence-electron chi connectivity index (χ2n) is 13.2. The average Bonchev–Trinajstić information content (AvgIpc) is 3.23. The monoisotopic (exact) mass is 928 g/mol. The van der Waals surface area contributed by atoms with E-state index in [1.807, 2.05) is 20.8 Å². The molecule has 0 radical (unpaired) electrons. The number of ether oxygens (including phenoxy) is 9. The van der Waals surface area contributed by atoms with Crippen molar-refractivity contribution in [2.75, 3.05) is 94.0 Å². The minimum Gasteiger partial charge on any atom is -0.464 e. The Balaban J connectivity index is 4.92. The summed E-state index contributed by atoms with van der Waals surface area (Å²) in [5.74, 6) is -4.03. The number of carbonyl (C=O) groups excluding carboxylic acids is 9. The number of rotatable bonds is 38. The van der Waals surface area contributed by atoms with Gasteiger partial charge in [-0.25, -0.2) is 0 Å². The van der Waals surface area contributed by atoms with Crippen molar-refractivity contribution in [3.05, 3.63) is 0 Å². The van der Waals surface area contributed by atoms with Gasteiger partial charge >= 0.3 is 53.7 Å². The topological polar surface area (TPSA) is 237 Å². The average molecular weight is 929 g/mol. The summed E-state index contributed by atoms with van der Waals surface area (Å²) in [4.78, 5) is 108. The van der Waals surface area contributed by atoms with Crippen molar-refractivity contribution in [3.63, 3.8) is 0 Å². The summed E-state index contributed by atoms with van der Waals surface area (Å²) in [6, 6.07) is 0. The Bertz CT molecular complexity index is 1270. The summed E-state index contributed by atoms with van der Waals surface area (Å²) in [7, 11) is 0. The van der Waals surface area contributed by atoms with E-state index in [0.29, 0.717) is 19.3 Å².